The van der Waals surface area contributed by atoms with Gasteiger partial charge in [-0.2, -0.15) is 0 Å². The van der Waals surface area contributed by atoms with Crippen molar-refractivity contribution in [3.05, 3.63) is 52.4 Å². The number of hydrogen-bond acceptors (Lipinski definition) is 3. The maximum atomic E-state index is 13.0. The minimum absolute atomic E-state index is 0.0547. The summed E-state index contributed by atoms with van der Waals surface area (Å²) in [5.41, 5.74) is -0.149. The van der Waals surface area contributed by atoms with Gasteiger partial charge in [-0.3, -0.25) is 4.79 Å². The Morgan fingerprint density at radius 1 is 1.16 bits per heavy atom. The lowest BCUT2D eigenvalue weighted by atomic mass is 10.2. The average molecular weight is 283 g/mol. The second-order valence-corrected chi connectivity index (χ2v) is 4.47. The number of anilines is 1. The number of nitrogens with one attached hydrogen (secondary N) is 1. The molecule has 1 amide bonds. The van der Waals surface area contributed by atoms with Crippen LogP contribution in [0, 0.1) is 11.6 Å². The zero-order chi connectivity index (χ0) is 14.0. The molecule has 0 unspecified atom stereocenters. The number of amides is 1. The first-order valence-electron chi connectivity index (χ1n) is 5.06. The van der Waals surface area contributed by atoms with Crippen LogP contribution >= 0.6 is 11.3 Å². The van der Waals surface area contributed by atoms with Crippen LogP contribution in [0.5, 0.6) is 0 Å². The molecule has 19 heavy (non-hydrogen) atoms. The summed E-state index contributed by atoms with van der Waals surface area (Å²) in [6.45, 7) is 0. The number of carbonyl (C=O) groups excluding carboxylic acids is 1. The maximum Gasteiger partial charge on any atom is 0.338 e. The van der Waals surface area contributed by atoms with Gasteiger partial charge in [0.2, 0.25) is 0 Å². The van der Waals surface area contributed by atoms with Crippen molar-refractivity contribution < 1.29 is 23.5 Å². The van der Waals surface area contributed by atoms with Crippen LogP contribution < -0.4 is 5.32 Å². The summed E-state index contributed by atoms with van der Waals surface area (Å²) in [5.74, 6) is -4.08. The second-order valence-electron chi connectivity index (χ2n) is 3.55. The van der Waals surface area contributed by atoms with Crippen LogP contribution in [-0.2, 0) is 0 Å². The lowest BCUT2D eigenvalue weighted by molar-refractivity contribution is 0.0698. The topological polar surface area (TPSA) is 66.4 Å². The Morgan fingerprint density at radius 3 is 2.53 bits per heavy atom. The van der Waals surface area contributed by atoms with E-state index in [0.717, 1.165) is 29.5 Å². The zero-order valence-electron chi connectivity index (χ0n) is 9.31. The SMILES string of the molecule is O=C(Nc1sccc1C(=O)O)c1ccc(F)c(F)c1. The summed E-state index contributed by atoms with van der Waals surface area (Å²) in [6.07, 6.45) is 0. The molecular formula is C12H7F2NO3S. The Morgan fingerprint density at radius 2 is 1.89 bits per heavy atom. The highest BCUT2D eigenvalue weighted by atomic mass is 32.1. The summed E-state index contributed by atoms with van der Waals surface area (Å²) < 4.78 is 25.7. The van der Waals surface area contributed by atoms with E-state index in [-0.39, 0.29) is 16.1 Å². The predicted octanol–water partition coefficient (Wildman–Crippen LogP) is 2.98. The fraction of sp³-hybridized carbons (Fsp3) is 0. The maximum absolute atomic E-state index is 13.0. The van der Waals surface area contributed by atoms with Gasteiger partial charge in [-0.05, 0) is 29.6 Å². The van der Waals surface area contributed by atoms with E-state index < -0.39 is 23.5 Å². The van der Waals surface area contributed by atoms with Crippen molar-refractivity contribution in [1.29, 1.82) is 0 Å². The normalized spacial score (nSPS) is 10.2. The van der Waals surface area contributed by atoms with Crippen molar-refractivity contribution in [2.75, 3.05) is 5.32 Å². The van der Waals surface area contributed by atoms with Crippen LogP contribution in [0.15, 0.2) is 29.6 Å². The Hall–Kier alpha value is -2.28. The molecule has 0 aliphatic heterocycles. The molecule has 7 heteroatoms. The Labute approximate surface area is 110 Å². The zero-order valence-corrected chi connectivity index (χ0v) is 10.1. The van der Waals surface area contributed by atoms with Crippen LogP contribution in [0.4, 0.5) is 13.8 Å². The highest BCUT2D eigenvalue weighted by molar-refractivity contribution is 7.14. The minimum atomic E-state index is -1.18. The van der Waals surface area contributed by atoms with E-state index in [2.05, 4.69) is 5.32 Å². The summed E-state index contributed by atoms with van der Waals surface area (Å²) in [5, 5.41) is 12.9. The lowest BCUT2D eigenvalue weighted by Gasteiger charge is -2.04. The molecule has 0 fully saturated rings. The fourth-order valence-electron chi connectivity index (χ4n) is 1.39. The van der Waals surface area contributed by atoms with Gasteiger partial charge in [-0.25, -0.2) is 13.6 Å². The lowest BCUT2D eigenvalue weighted by Crippen LogP contribution is -2.13. The third-order valence-corrected chi connectivity index (χ3v) is 3.13. The molecule has 2 N–H and O–H groups in total. The average Bonchev–Trinajstić information content (AvgIpc) is 2.80. The molecule has 0 saturated carbocycles. The van der Waals surface area contributed by atoms with E-state index in [0.29, 0.717) is 0 Å². The standard InChI is InChI=1S/C12H7F2NO3S/c13-8-2-1-6(5-9(8)14)10(16)15-11-7(12(17)18)3-4-19-11/h1-5H,(H,15,16)(H,17,18). The van der Waals surface area contributed by atoms with E-state index in [4.69, 9.17) is 5.11 Å². The smallest absolute Gasteiger partial charge is 0.338 e. The first kappa shape index (κ1) is 13.2. The van der Waals surface area contributed by atoms with Crippen molar-refractivity contribution >= 4 is 28.2 Å². The van der Waals surface area contributed by atoms with Crippen molar-refractivity contribution in [2.45, 2.75) is 0 Å². The molecule has 0 bridgehead atoms. The van der Waals surface area contributed by atoms with Crippen molar-refractivity contribution in [1.82, 2.24) is 0 Å². The number of carboxylic acid groups (broad SMARTS) is 1. The number of benzene rings is 1. The van der Waals surface area contributed by atoms with E-state index in [1.54, 1.807) is 0 Å². The van der Waals surface area contributed by atoms with Crippen LogP contribution in [-0.4, -0.2) is 17.0 Å². The minimum Gasteiger partial charge on any atom is -0.478 e. The Balaban J connectivity index is 2.23. The van der Waals surface area contributed by atoms with Crippen LogP contribution in [0.1, 0.15) is 20.7 Å². The molecule has 0 saturated heterocycles. The van der Waals surface area contributed by atoms with Gasteiger partial charge in [-0.15, -0.1) is 11.3 Å². The number of halogens is 2. The van der Waals surface area contributed by atoms with Crippen LogP contribution in [0.25, 0.3) is 0 Å². The number of rotatable bonds is 3. The quantitative estimate of drug-likeness (QED) is 0.910. The van der Waals surface area contributed by atoms with Crippen LogP contribution in [0.2, 0.25) is 0 Å². The van der Waals surface area contributed by atoms with Crippen molar-refractivity contribution in [3.63, 3.8) is 0 Å². The molecule has 4 nitrogen and oxygen atoms in total. The van der Waals surface area contributed by atoms with Gasteiger partial charge in [0, 0.05) is 5.56 Å². The second kappa shape index (κ2) is 5.15. The van der Waals surface area contributed by atoms with Crippen LogP contribution in [0.3, 0.4) is 0 Å². The van der Waals surface area contributed by atoms with Gasteiger partial charge in [0.25, 0.3) is 5.91 Å². The molecule has 0 aliphatic rings. The summed E-state index contributed by atoms with van der Waals surface area (Å²) in [6, 6.07) is 4.03. The first-order chi connectivity index (χ1) is 8.99. The molecule has 0 aliphatic carbocycles. The fourth-order valence-corrected chi connectivity index (χ4v) is 2.16. The molecule has 2 aromatic rings. The molecule has 1 aromatic heterocycles. The first-order valence-corrected chi connectivity index (χ1v) is 5.94. The number of carbonyl (C=O) groups is 2. The van der Waals surface area contributed by atoms with Gasteiger partial charge in [0.15, 0.2) is 11.6 Å². The van der Waals surface area contributed by atoms with E-state index in [9.17, 15) is 18.4 Å². The van der Waals surface area contributed by atoms with Gasteiger partial charge in [0.05, 0.1) is 5.56 Å². The molecular weight excluding hydrogens is 276 g/mol. The largest absolute Gasteiger partial charge is 0.478 e. The number of thiophene rings is 1. The van der Waals surface area contributed by atoms with Gasteiger partial charge >= 0.3 is 5.97 Å². The molecule has 0 spiro atoms. The number of carboxylic acids is 1. The molecule has 0 radical (unpaired) electrons. The summed E-state index contributed by atoms with van der Waals surface area (Å²) in [7, 11) is 0. The number of hydrogen-bond donors (Lipinski definition) is 2. The van der Waals surface area contributed by atoms with Crippen molar-refractivity contribution in [2.24, 2.45) is 0 Å². The molecule has 2 rings (SSSR count). The predicted molar refractivity (Wildman–Crippen MR) is 65.6 cm³/mol. The van der Waals surface area contributed by atoms with Gasteiger partial charge in [0.1, 0.15) is 5.00 Å². The highest BCUT2D eigenvalue weighted by Gasteiger charge is 2.15. The van der Waals surface area contributed by atoms with Gasteiger partial charge < -0.3 is 10.4 Å². The molecule has 1 aromatic carbocycles. The summed E-state index contributed by atoms with van der Waals surface area (Å²) in [4.78, 5) is 22.6. The Kier molecular flexibility index (Phi) is 3.57. The number of aromatic carboxylic acids is 1. The van der Waals surface area contributed by atoms with E-state index >= 15 is 0 Å². The van der Waals surface area contributed by atoms with Gasteiger partial charge in [-0.1, -0.05) is 0 Å². The van der Waals surface area contributed by atoms with E-state index in [1.165, 1.54) is 11.4 Å². The van der Waals surface area contributed by atoms with Crippen molar-refractivity contribution in [3.8, 4) is 0 Å². The van der Waals surface area contributed by atoms with E-state index in [1.807, 2.05) is 0 Å². The summed E-state index contributed by atoms with van der Waals surface area (Å²) >= 11 is 1.03. The third kappa shape index (κ3) is 2.76. The molecule has 98 valence electrons. The molecule has 1 heterocycles. The third-order valence-electron chi connectivity index (χ3n) is 2.30. The highest BCUT2D eigenvalue weighted by Crippen LogP contribution is 2.24. The monoisotopic (exact) mass is 283 g/mol. The molecule has 0 atom stereocenters. The Bertz CT molecular complexity index is 654.